The van der Waals surface area contributed by atoms with Crippen LogP contribution in [0.1, 0.15) is 23.1 Å². The highest BCUT2D eigenvalue weighted by Gasteiger charge is 2.11. The predicted octanol–water partition coefficient (Wildman–Crippen LogP) is 4.08. The lowest BCUT2D eigenvalue weighted by Gasteiger charge is -2.16. The van der Waals surface area contributed by atoms with E-state index in [0.717, 1.165) is 30.9 Å². The molecule has 23 heavy (non-hydrogen) atoms. The molecule has 2 rings (SSSR count). The molecule has 0 atom stereocenters. The van der Waals surface area contributed by atoms with Crippen LogP contribution in [-0.4, -0.2) is 32.6 Å². The van der Waals surface area contributed by atoms with Gasteiger partial charge in [0.05, 0.1) is 7.11 Å². The monoisotopic (exact) mass is 313 g/mol. The molecule has 0 saturated heterocycles. The van der Waals surface area contributed by atoms with E-state index in [1.165, 1.54) is 16.7 Å². The van der Waals surface area contributed by atoms with Crippen molar-refractivity contribution in [3.05, 3.63) is 59.2 Å². The second-order valence-electron chi connectivity index (χ2n) is 6.13. The van der Waals surface area contributed by atoms with Crippen molar-refractivity contribution in [2.24, 2.45) is 0 Å². The molecule has 3 nitrogen and oxygen atoms in total. The molecule has 0 aromatic heterocycles. The van der Waals surface area contributed by atoms with Crippen molar-refractivity contribution in [3.63, 3.8) is 0 Å². The van der Waals surface area contributed by atoms with Crippen LogP contribution in [0.4, 0.5) is 0 Å². The Hall–Kier alpha value is -2.00. The van der Waals surface area contributed by atoms with Crippen LogP contribution in [0.25, 0.3) is 0 Å². The number of hydrogen-bond acceptors (Lipinski definition) is 3. The molecule has 0 bridgehead atoms. The Bertz CT molecular complexity index is 623. The number of nitrogens with zero attached hydrogens (tertiary/aromatic N) is 1. The molecular weight excluding hydrogens is 286 g/mol. The van der Waals surface area contributed by atoms with Crippen LogP contribution in [-0.2, 0) is 13.0 Å². The minimum atomic E-state index is 0.558. The number of hydrogen-bond donors (Lipinski definition) is 0. The van der Waals surface area contributed by atoms with Gasteiger partial charge in [0.25, 0.3) is 0 Å². The molecule has 0 aliphatic rings. The molecule has 0 aliphatic heterocycles. The summed E-state index contributed by atoms with van der Waals surface area (Å²) in [6.45, 7) is 3.72. The maximum atomic E-state index is 6.12. The molecule has 0 unspecified atom stereocenters. The molecule has 3 heteroatoms. The van der Waals surface area contributed by atoms with Gasteiger partial charge in [0, 0.05) is 0 Å². The summed E-state index contributed by atoms with van der Waals surface area (Å²) >= 11 is 0. The van der Waals surface area contributed by atoms with Crippen LogP contribution in [0.3, 0.4) is 0 Å². The number of methoxy groups -OCH3 is 1. The van der Waals surface area contributed by atoms with Gasteiger partial charge in [-0.05, 0) is 57.6 Å². The molecule has 0 radical (unpaired) electrons. The summed E-state index contributed by atoms with van der Waals surface area (Å²) in [6, 6.07) is 14.5. The topological polar surface area (TPSA) is 21.7 Å². The maximum absolute atomic E-state index is 6.12. The summed E-state index contributed by atoms with van der Waals surface area (Å²) < 4.78 is 11.6. The molecular formula is C20H27NO2. The van der Waals surface area contributed by atoms with Gasteiger partial charge in [-0.1, -0.05) is 42.0 Å². The Labute approximate surface area is 139 Å². The van der Waals surface area contributed by atoms with Crippen molar-refractivity contribution in [1.29, 1.82) is 0 Å². The molecule has 0 amide bonds. The van der Waals surface area contributed by atoms with Crippen molar-refractivity contribution in [3.8, 4) is 11.5 Å². The van der Waals surface area contributed by atoms with Crippen LogP contribution in [0.2, 0.25) is 0 Å². The SMILES string of the molecule is COc1cccc(CCCN(C)C)c1OCc1cccc(C)c1. The second kappa shape index (κ2) is 8.59. The Morgan fingerprint density at radius 1 is 1.04 bits per heavy atom. The summed E-state index contributed by atoms with van der Waals surface area (Å²) in [6.07, 6.45) is 2.08. The quantitative estimate of drug-likeness (QED) is 0.733. The Balaban J connectivity index is 2.11. The normalized spacial score (nSPS) is 10.8. The van der Waals surface area contributed by atoms with E-state index in [0.29, 0.717) is 6.61 Å². The van der Waals surface area contributed by atoms with Gasteiger partial charge in [-0.3, -0.25) is 0 Å². The van der Waals surface area contributed by atoms with E-state index in [9.17, 15) is 0 Å². The van der Waals surface area contributed by atoms with Gasteiger partial charge in [0.2, 0.25) is 0 Å². The van der Waals surface area contributed by atoms with Gasteiger partial charge >= 0.3 is 0 Å². The van der Waals surface area contributed by atoms with E-state index in [1.807, 2.05) is 12.1 Å². The highest BCUT2D eigenvalue weighted by atomic mass is 16.5. The summed E-state index contributed by atoms with van der Waals surface area (Å²) in [5, 5.41) is 0. The number of ether oxygens (including phenoxy) is 2. The first-order valence-corrected chi connectivity index (χ1v) is 8.09. The summed E-state index contributed by atoms with van der Waals surface area (Å²) in [4.78, 5) is 2.20. The smallest absolute Gasteiger partial charge is 0.164 e. The van der Waals surface area contributed by atoms with E-state index < -0.39 is 0 Å². The standard InChI is InChI=1S/C20H27NO2/c1-16-8-5-9-17(14-16)15-23-20-18(11-7-13-21(2)3)10-6-12-19(20)22-4/h5-6,8-10,12,14H,7,11,13,15H2,1-4H3. The third kappa shape index (κ3) is 5.29. The average molecular weight is 313 g/mol. The van der Waals surface area contributed by atoms with Crippen LogP contribution < -0.4 is 9.47 Å². The maximum Gasteiger partial charge on any atom is 0.164 e. The first-order chi connectivity index (χ1) is 11.1. The van der Waals surface area contributed by atoms with Crippen molar-refractivity contribution in [2.75, 3.05) is 27.7 Å². The van der Waals surface area contributed by atoms with Gasteiger partial charge in [0.1, 0.15) is 6.61 Å². The highest BCUT2D eigenvalue weighted by Crippen LogP contribution is 2.32. The first kappa shape index (κ1) is 17.4. The number of benzene rings is 2. The first-order valence-electron chi connectivity index (χ1n) is 8.09. The van der Waals surface area contributed by atoms with E-state index in [2.05, 4.69) is 56.3 Å². The fourth-order valence-electron chi connectivity index (χ4n) is 2.63. The zero-order valence-electron chi connectivity index (χ0n) is 14.6. The van der Waals surface area contributed by atoms with Crippen LogP contribution in [0.15, 0.2) is 42.5 Å². The van der Waals surface area contributed by atoms with Gasteiger partial charge in [-0.2, -0.15) is 0 Å². The molecule has 0 spiro atoms. The van der Waals surface area contributed by atoms with Crippen LogP contribution in [0.5, 0.6) is 11.5 Å². The molecule has 0 saturated carbocycles. The summed E-state index contributed by atoms with van der Waals surface area (Å²) in [5.74, 6) is 1.68. The molecule has 0 N–H and O–H groups in total. The lowest BCUT2D eigenvalue weighted by molar-refractivity contribution is 0.280. The second-order valence-corrected chi connectivity index (χ2v) is 6.13. The van der Waals surface area contributed by atoms with Gasteiger partial charge in [0.15, 0.2) is 11.5 Å². The van der Waals surface area contributed by atoms with Crippen LogP contribution >= 0.6 is 0 Å². The lowest BCUT2D eigenvalue weighted by atomic mass is 10.1. The van der Waals surface area contributed by atoms with E-state index >= 15 is 0 Å². The highest BCUT2D eigenvalue weighted by molar-refractivity contribution is 5.46. The van der Waals surface area contributed by atoms with E-state index in [-0.39, 0.29) is 0 Å². The van der Waals surface area contributed by atoms with Crippen molar-refractivity contribution >= 4 is 0 Å². The third-order valence-corrected chi connectivity index (χ3v) is 3.80. The Morgan fingerprint density at radius 3 is 2.52 bits per heavy atom. The lowest BCUT2D eigenvalue weighted by Crippen LogP contribution is -2.13. The third-order valence-electron chi connectivity index (χ3n) is 3.80. The molecule has 0 heterocycles. The fraction of sp³-hybridized carbons (Fsp3) is 0.400. The molecule has 2 aromatic carbocycles. The number of aryl methyl sites for hydroxylation is 2. The zero-order valence-corrected chi connectivity index (χ0v) is 14.6. The largest absolute Gasteiger partial charge is 0.493 e. The minimum Gasteiger partial charge on any atom is -0.493 e. The molecule has 124 valence electrons. The predicted molar refractivity (Wildman–Crippen MR) is 95.4 cm³/mol. The Kier molecular flexibility index (Phi) is 6.48. The number of rotatable bonds is 8. The summed E-state index contributed by atoms with van der Waals surface area (Å²) in [7, 11) is 5.89. The van der Waals surface area contributed by atoms with E-state index in [1.54, 1.807) is 7.11 Å². The molecule has 2 aromatic rings. The minimum absolute atomic E-state index is 0.558. The fourth-order valence-corrected chi connectivity index (χ4v) is 2.63. The number of para-hydroxylation sites is 1. The van der Waals surface area contributed by atoms with Gasteiger partial charge in [-0.25, -0.2) is 0 Å². The Morgan fingerprint density at radius 2 is 1.83 bits per heavy atom. The zero-order chi connectivity index (χ0) is 16.7. The molecule has 0 aliphatic carbocycles. The van der Waals surface area contributed by atoms with Crippen molar-refractivity contribution in [2.45, 2.75) is 26.4 Å². The van der Waals surface area contributed by atoms with E-state index in [4.69, 9.17) is 9.47 Å². The van der Waals surface area contributed by atoms with Gasteiger partial charge < -0.3 is 14.4 Å². The van der Waals surface area contributed by atoms with Crippen LogP contribution in [0, 0.1) is 6.92 Å². The summed E-state index contributed by atoms with van der Waals surface area (Å²) in [5.41, 5.74) is 3.63. The van der Waals surface area contributed by atoms with Crippen molar-refractivity contribution < 1.29 is 9.47 Å². The average Bonchev–Trinajstić information content (AvgIpc) is 2.53. The molecule has 0 fully saturated rings. The van der Waals surface area contributed by atoms with Gasteiger partial charge in [-0.15, -0.1) is 0 Å². The van der Waals surface area contributed by atoms with Crippen molar-refractivity contribution in [1.82, 2.24) is 4.90 Å².